The van der Waals surface area contributed by atoms with Crippen molar-refractivity contribution in [2.24, 2.45) is 11.7 Å². The number of hydrogen-bond donors (Lipinski definition) is 2. The van der Waals surface area contributed by atoms with Gasteiger partial charge >= 0.3 is 0 Å². The molecule has 4 nitrogen and oxygen atoms in total. The standard InChI is InChI=1S/C11H24N2O2/c1-4-10(12)5-6-13-11(14)7-9(2)8-15-3/h9-10H,4-8,12H2,1-3H3,(H,13,14). The summed E-state index contributed by atoms with van der Waals surface area (Å²) in [6, 6.07) is 0.196. The van der Waals surface area contributed by atoms with E-state index in [9.17, 15) is 4.79 Å². The van der Waals surface area contributed by atoms with Crippen LogP contribution in [0.2, 0.25) is 0 Å². The zero-order chi connectivity index (χ0) is 11.7. The van der Waals surface area contributed by atoms with E-state index >= 15 is 0 Å². The number of methoxy groups -OCH3 is 1. The molecule has 2 atom stereocenters. The maximum Gasteiger partial charge on any atom is 0.220 e. The van der Waals surface area contributed by atoms with Gasteiger partial charge in [-0.25, -0.2) is 0 Å². The minimum atomic E-state index is 0.0860. The van der Waals surface area contributed by atoms with Gasteiger partial charge in [-0.05, 0) is 18.8 Å². The molecule has 0 aliphatic carbocycles. The summed E-state index contributed by atoms with van der Waals surface area (Å²) >= 11 is 0. The number of carbonyl (C=O) groups is 1. The number of nitrogens with two attached hydrogens (primary N) is 1. The van der Waals surface area contributed by atoms with E-state index in [1.54, 1.807) is 7.11 Å². The predicted molar refractivity (Wildman–Crippen MR) is 61.6 cm³/mol. The number of amides is 1. The van der Waals surface area contributed by atoms with Crippen molar-refractivity contribution in [3.8, 4) is 0 Å². The molecule has 3 N–H and O–H groups in total. The minimum Gasteiger partial charge on any atom is -0.384 e. The second-order valence-electron chi connectivity index (χ2n) is 4.07. The summed E-state index contributed by atoms with van der Waals surface area (Å²) in [5.74, 6) is 0.359. The Labute approximate surface area is 92.6 Å². The molecule has 0 rings (SSSR count). The first kappa shape index (κ1) is 14.4. The van der Waals surface area contributed by atoms with Crippen LogP contribution < -0.4 is 11.1 Å². The van der Waals surface area contributed by atoms with Crippen molar-refractivity contribution in [2.75, 3.05) is 20.3 Å². The van der Waals surface area contributed by atoms with Crippen LogP contribution in [0.4, 0.5) is 0 Å². The molecule has 0 aromatic rings. The van der Waals surface area contributed by atoms with Gasteiger partial charge in [0.15, 0.2) is 0 Å². The molecule has 0 radical (unpaired) electrons. The van der Waals surface area contributed by atoms with Gasteiger partial charge < -0.3 is 15.8 Å². The summed E-state index contributed by atoms with van der Waals surface area (Å²) < 4.78 is 4.96. The number of carbonyl (C=O) groups excluding carboxylic acids is 1. The Hall–Kier alpha value is -0.610. The monoisotopic (exact) mass is 216 g/mol. The first-order valence-electron chi connectivity index (χ1n) is 5.61. The van der Waals surface area contributed by atoms with Crippen LogP contribution in [0.5, 0.6) is 0 Å². The van der Waals surface area contributed by atoms with Crippen molar-refractivity contribution in [1.82, 2.24) is 5.32 Å². The van der Waals surface area contributed by atoms with Gasteiger partial charge in [0.05, 0.1) is 0 Å². The van der Waals surface area contributed by atoms with Crippen molar-refractivity contribution in [3.63, 3.8) is 0 Å². The van der Waals surface area contributed by atoms with Crippen molar-refractivity contribution in [1.29, 1.82) is 0 Å². The highest BCUT2D eigenvalue weighted by Gasteiger charge is 2.08. The highest BCUT2D eigenvalue weighted by atomic mass is 16.5. The fourth-order valence-corrected chi connectivity index (χ4v) is 1.33. The third-order valence-corrected chi connectivity index (χ3v) is 2.35. The van der Waals surface area contributed by atoms with Gasteiger partial charge in [0.25, 0.3) is 0 Å². The molecular weight excluding hydrogens is 192 g/mol. The number of nitrogens with one attached hydrogen (secondary N) is 1. The molecular formula is C11H24N2O2. The normalized spacial score (nSPS) is 14.7. The Kier molecular flexibility index (Phi) is 8.33. The van der Waals surface area contributed by atoms with Crippen LogP contribution in [0.15, 0.2) is 0 Å². The van der Waals surface area contributed by atoms with Crippen LogP contribution in [0, 0.1) is 5.92 Å². The Balaban J connectivity index is 3.48. The second-order valence-corrected chi connectivity index (χ2v) is 4.07. The minimum absolute atomic E-state index is 0.0860. The quantitative estimate of drug-likeness (QED) is 0.633. The third kappa shape index (κ3) is 8.39. The van der Waals surface area contributed by atoms with E-state index in [0.29, 0.717) is 19.6 Å². The molecule has 0 aliphatic heterocycles. The van der Waals surface area contributed by atoms with E-state index in [0.717, 1.165) is 12.8 Å². The fourth-order valence-electron chi connectivity index (χ4n) is 1.33. The average molecular weight is 216 g/mol. The van der Waals surface area contributed by atoms with Gasteiger partial charge in [0.2, 0.25) is 5.91 Å². The number of hydrogen-bond acceptors (Lipinski definition) is 3. The van der Waals surface area contributed by atoms with Crippen molar-refractivity contribution >= 4 is 5.91 Å². The first-order chi connectivity index (χ1) is 7.10. The van der Waals surface area contributed by atoms with E-state index in [2.05, 4.69) is 5.32 Å². The van der Waals surface area contributed by atoms with Crippen LogP contribution in [-0.4, -0.2) is 32.2 Å². The van der Waals surface area contributed by atoms with Crippen LogP contribution in [0.1, 0.15) is 33.1 Å². The summed E-state index contributed by atoms with van der Waals surface area (Å²) in [5.41, 5.74) is 5.74. The Morgan fingerprint density at radius 1 is 1.53 bits per heavy atom. The molecule has 0 aromatic carbocycles. The van der Waals surface area contributed by atoms with Crippen LogP contribution in [-0.2, 0) is 9.53 Å². The van der Waals surface area contributed by atoms with Crippen molar-refractivity contribution < 1.29 is 9.53 Å². The van der Waals surface area contributed by atoms with E-state index < -0.39 is 0 Å². The molecule has 0 spiro atoms. The maximum absolute atomic E-state index is 11.4. The number of ether oxygens (including phenoxy) is 1. The van der Waals surface area contributed by atoms with E-state index in [1.807, 2.05) is 13.8 Å². The zero-order valence-corrected chi connectivity index (χ0v) is 10.1. The molecule has 4 heteroatoms. The largest absolute Gasteiger partial charge is 0.384 e. The van der Waals surface area contributed by atoms with E-state index in [4.69, 9.17) is 10.5 Å². The highest BCUT2D eigenvalue weighted by Crippen LogP contribution is 2.01. The first-order valence-corrected chi connectivity index (χ1v) is 5.61. The lowest BCUT2D eigenvalue weighted by molar-refractivity contribution is -0.122. The maximum atomic E-state index is 11.4. The average Bonchev–Trinajstić information content (AvgIpc) is 2.17. The van der Waals surface area contributed by atoms with Gasteiger partial charge in [-0.15, -0.1) is 0 Å². The van der Waals surface area contributed by atoms with Crippen LogP contribution in [0.3, 0.4) is 0 Å². The molecule has 0 aromatic heterocycles. The molecule has 0 saturated carbocycles. The molecule has 0 heterocycles. The van der Waals surface area contributed by atoms with Crippen LogP contribution >= 0.6 is 0 Å². The summed E-state index contributed by atoms with van der Waals surface area (Å²) in [7, 11) is 1.65. The van der Waals surface area contributed by atoms with Crippen molar-refractivity contribution in [3.05, 3.63) is 0 Å². The van der Waals surface area contributed by atoms with Crippen LogP contribution in [0.25, 0.3) is 0 Å². The van der Waals surface area contributed by atoms with Gasteiger partial charge in [-0.2, -0.15) is 0 Å². The predicted octanol–water partition coefficient (Wildman–Crippen LogP) is 0.903. The van der Waals surface area contributed by atoms with E-state index in [-0.39, 0.29) is 17.9 Å². The zero-order valence-electron chi connectivity index (χ0n) is 10.1. The van der Waals surface area contributed by atoms with Gasteiger partial charge in [-0.1, -0.05) is 13.8 Å². The Morgan fingerprint density at radius 3 is 2.73 bits per heavy atom. The third-order valence-electron chi connectivity index (χ3n) is 2.35. The lowest BCUT2D eigenvalue weighted by Gasteiger charge is -2.12. The molecule has 0 bridgehead atoms. The Bertz CT molecular complexity index is 174. The molecule has 90 valence electrons. The lowest BCUT2D eigenvalue weighted by atomic mass is 10.1. The molecule has 0 aliphatic rings. The number of rotatable bonds is 8. The lowest BCUT2D eigenvalue weighted by Crippen LogP contribution is -2.31. The van der Waals surface area contributed by atoms with Gasteiger partial charge in [0, 0.05) is 32.7 Å². The Morgan fingerprint density at radius 2 is 2.20 bits per heavy atom. The summed E-state index contributed by atoms with van der Waals surface area (Å²) in [6.45, 7) is 5.35. The molecule has 0 fully saturated rings. The van der Waals surface area contributed by atoms with E-state index in [1.165, 1.54) is 0 Å². The molecule has 15 heavy (non-hydrogen) atoms. The highest BCUT2D eigenvalue weighted by molar-refractivity contribution is 5.76. The van der Waals surface area contributed by atoms with Gasteiger partial charge in [0.1, 0.15) is 0 Å². The SMILES string of the molecule is CCC(N)CCNC(=O)CC(C)COC. The summed E-state index contributed by atoms with van der Waals surface area (Å²) in [4.78, 5) is 11.4. The fraction of sp³-hybridized carbons (Fsp3) is 0.909. The molecule has 2 unspecified atom stereocenters. The summed E-state index contributed by atoms with van der Waals surface area (Å²) in [5, 5.41) is 2.86. The molecule has 1 amide bonds. The topological polar surface area (TPSA) is 64.3 Å². The molecule has 0 saturated heterocycles. The summed E-state index contributed by atoms with van der Waals surface area (Å²) in [6.07, 6.45) is 2.33. The van der Waals surface area contributed by atoms with Crippen molar-refractivity contribution in [2.45, 2.75) is 39.2 Å². The smallest absolute Gasteiger partial charge is 0.220 e. The second kappa shape index (κ2) is 8.68. The van der Waals surface area contributed by atoms with Gasteiger partial charge in [-0.3, -0.25) is 4.79 Å².